The Kier molecular flexibility index (Phi) is 5.76. The van der Waals surface area contributed by atoms with Gasteiger partial charge in [-0.15, -0.1) is 6.58 Å². The number of aliphatic hydroxyl groups excluding tert-OH is 2. The van der Waals surface area contributed by atoms with Gasteiger partial charge in [0.15, 0.2) is 23.0 Å². The van der Waals surface area contributed by atoms with Crippen molar-refractivity contribution in [1.82, 2.24) is 10.2 Å². The van der Waals surface area contributed by atoms with Crippen LogP contribution in [0.5, 0.6) is 23.0 Å². The zero-order valence-corrected chi connectivity index (χ0v) is 25.3. The van der Waals surface area contributed by atoms with Crippen molar-refractivity contribution in [2.45, 2.75) is 110 Å². The fraction of sp³-hybridized carbons (Fsp3) is 0.600. The van der Waals surface area contributed by atoms with Crippen LogP contribution in [0.15, 0.2) is 36.9 Å². The van der Waals surface area contributed by atoms with Crippen molar-refractivity contribution in [3.8, 4) is 23.0 Å². The van der Waals surface area contributed by atoms with E-state index < -0.39 is 46.4 Å². The van der Waals surface area contributed by atoms with Crippen LogP contribution < -0.4 is 14.8 Å². The van der Waals surface area contributed by atoms with Crippen molar-refractivity contribution in [3.05, 3.63) is 59.2 Å². The minimum Gasteiger partial charge on any atom is -0.504 e. The summed E-state index contributed by atoms with van der Waals surface area (Å²) in [4.78, 5) is 2.31. The van der Waals surface area contributed by atoms with E-state index in [0.717, 1.165) is 67.6 Å². The lowest BCUT2D eigenvalue weighted by Crippen LogP contribution is -2.77. The van der Waals surface area contributed by atoms with E-state index in [2.05, 4.69) is 16.8 Å². The van der Waals surface area contributed by atoms with Gasteiger partial charge in [0.1, 0.15) is 12.2 Å². The monoisotopic (exact) mass is 618 g/mol. The molecule has 4 heterocycles. The quantitative estimate of drug-likeness (QED) is 0.245. The van der Waals surface area contributed by atoms with Crippen LogP contribution in [-0.2, 0) is 23.7 Å². The molecular weight excluding hydrogens is 576 g/mol. The Morgan fingerprint density at radius 1 is 0.822 bits per heavy atom. The molecule has 4 bridgehead atoms. The van der Waals surface area contributed by atoms with Crippen LogP contribution in [0.4, 0.5) is 0 Å². The molecule has 10 atom stereocenters. The van der Waals surface area contributed by atoms with E-state index in [4.69, 9.17) is 9.47 Å². The van der Waals surface area contributed by atoms with Gasteiger partial charge in [0, 0.05) is 29.8 Å². The van der Waals surface area contributed by atoms with Crippen LogP contribution in [0.25, 0.3) is 0 Å². The highest BCUT2D eigenvalue weighted by Gasteiger charge is 2.73. The summed E-state index contributed by atoms with van der Waals surface area (Å²) in [5.74, 6) is 1.19. The molecule has 2 aromatic carbocycles. The van der Waals surface area contributed by atoms with E-state index >= 15 is 0 Å². The van der Waals surface area contributed by atoms with Crippen LogP contribution in [0, 0.1) is 0 Å². The average Bonchev–Trinajstić information content (AvgIpc) is 3.56. The molecule has 4 aliphatic carbocycles. The molecule has 240 valence electrons. The molecule has 10 heteroatoms. The zero-order chi connectivity index (χ0) is 31.1. The summed E-state index contributed by atoms with van der Waals surface area (Å²) in [5.41, 5.74) is 1.11. The third-order valence-corrected chi connectivity index (χ3v) is 13.2. The van der Waals surface area contributed by atoms with Gasteiger partial charge in [-0.05, 0) is 87.7 Å². The van der Waals surface area contributed by atoms with Gasteiger partial charge in [-0.1, -0.05) is 18.2 Å². The van der Waals surface area contributed by atoms with E-state index in [1.807, 2.05) is 18.2 Å². The van der Waals surface area contributed by atoms with Gasteiger partial charge in [0.05, 0.1) is 34.2 Å². The van der Waals surface area contributed by atoms with Crippen LogP contribution in [0.3, 0.4) is 0 Å². The molecule has 4 aliphatic heterocycles. The maximum atomic E-state index is 11.9. The lowest BCUT2D eigenvalue weighted by molar-refractivity contribution is -0.206. The van der Waals surface area contributed by atoms with Crippen LogP contribution in [0.1, 0.15) is 60.8 Å². The summed E-state index contributed by atoms with van der Waals surface area (Å²) in [6, 6.07) is 7.20. The Labute approximate surface area is 261 Å². The highest BCUT2D eigenvalue weighted by atomic mass is 16.5. The molecule has 2 aromatic rings. The van der Waals surface area contributed by atoms with Crippen molar-refractivity contribution in [2.75, 3.05) is 19.6 Å². The van der Waals surface area contributed by atoms with Gasteiger partial charge >= 0.3 is 0 Å². The molecule has 2 saturated heterocycles. The molecule has 0 aromatic heterocycles. The number of hydrogen-bond donors (Lipinski definition) is 7. The molecule has 0 unspecified atom stereocenters. The van der Waals surface area contributed by atoms with Crippen molar-refractivity contribution in [2.24, 2.45) is 0 Å². The van der Waals surface area contributed by atoms with Crippen molar-refractivity contribution >= 4 is 0 Å². The molecule has 7 N–H and O–H groups in total. The molecule has 10 rings (SSSR count). The minimum atomic E-state index is -0.940. The summed E-state index contributed by atoms with van der Waals surface area (Å²) in [5, 5.41) is 68.4. The first-order chi connectivity index (χ1) is 21.6. The number of benzene rings is 2. The molecule has 2 saturated carbocycles. The van der Waals surface area contributed by atoms with Gasteiger partial charge in [-0.25, -0.2) is 0 Å². The van der Waals surface area contributed by atoms with Gasteiger partial charge in [-0.3, -0.25) is 4.90 Å². The topological polar surface area (TPSA) is 155 Å². The first-order valence-corrected chi connectivity index (χ1v) is 16.5. The lowest BCUT2D eigenvalue weighted by Gasteiger charge is -2.63. The highest BCUT2D eigenvalue weighted by molar-refractivity contribution is 5.63. The van der Waals surface area contributed by atoms with E-state index in [1.165, 1.54) is 0 Å². The molecule has 2 spiro atoms. The van der Waals surface area contributed by atoms with Crippen LogP contribution >= 0.6 is 0 Å². The third kappa shape index (κ3) is 3.16. The standard InChI is InChI=1S/C19H23NO4.C16H19NO4/c1-2-8-20-9-7-18-15-11-3-4-12(21)16(15)24-17(18)13(22)5-6-19(18,23)14(20)10-11;18-9-2-1-8-7-11-16(20)4-3-10(19)14-15(16,5-6-17-11)12(8)13(9)21-14/h2-4,13-14,17,21-23H,1,5-10H2;1-2,10-11,14,17-20H,3-7H2/t13-,14+,17-,18-,19+;10-,11+,14-,15-,16+/m00/s1. The number of nitrogens with one attached hydrogen (secondary N) is 1. The van der Waals surface area contributed by atoms with Crippen LogP contribution in [0.2, 0.25) is 0 Å². The molecular formula is C35H42N2O8. The van der Waals surface area contributed by atoms with Gasteiger partial charge in [0.25, 0.3) is 0 Å². The molecule has 0 amide bonds. The minimum absolute atomic E-state index is 0.00663. The zero-order valence-electron chi connectivity index (χ0n) is 25.3. The lowest BCUT2D eigenvalue weighted by atomic mass is 9.48. The maximum Gasteiger partial charge on any atom is 0.165 e. The number of aliphatic hydroxyl groups is 4. The Balaban J connectivity index is 0.000000126. The second-order valence-electron chi connectivity index (χ2n) is 14.7. The van der Waals surface area contributed by atoms with Crippen molar-refractivity contribution in [1.29, 1.82) is 0 Å². The predicted molar refractivity (Wildman–Crippen MR) is 163 cm³/mol. The Morgan fingerprint density at radius 2 is 1.40 bits per heavy atom. The summed E-state index contributed by atoms with van der Waals surface area (Å²) >= 11 is 0. The number of nitrogens with zero attached hydrogens (tertiary/aromatic N) is 1. The Morgan fingerprint density at radius 3 is 2.02 bits per heavy atom. The number of hydrogen-bond acceptors (Lipinski definition) is 10. The van der Waals surface area contributed by atoms with E-state index in [1.54, 1.807) is 12.1 Å². The van der Waals surface area contributed by atoms with Gasteiger partial charge in [-0.2, -0.15) is 0 Å². The molecule has 0 radical (unpaired) electrons. The molecule has 4 fully saturated rings. The van der Waals surface area contributed by atoms with Crippen molar-refractivity contribution in [3.63, 3.8) is 0 Å². The highest BCUT2D eigenvalue weighted by Crippen LogP contribution is 2.66. The number of rotatable bonds is 2. The number of aromatic hydroxyl groups is 2. The summed E-state index contributed by atoms with van der Waals surface area (Å²) in [6.45, 7) is 6.24. The van der Waals surface area contributed by atoms with Gasteiger partial charge in [0.2, 0.25) is 0 Å². The second kappa shape index (κ2) is 9.14. The van der Waals surface area contributed by atoms with Crippen LogP contribution in [-0.4, -0.2) is 103 Å². The molecule has 45 heavy (non-hydrogen) atoms. The van der Waals surface area contributed by atoms with E-state index in [-0.39, 0.29) is 23.6 Å². The summed E-state index contributed by atoms with van der Waals surface area (Å²) in [6.07, 6.45) is 4.85. The third-order valence-electron chi connectivity index (χ3n) is 13.2. The number of phenols is 2. The maximum absolute atomic E-state index is 11.9. The van der Waals surface area contributed by atoms with E-state index in [0.29, 0.717) is 37.2 Å². The molecule has 10 nitrogen and oxygen atoms in total. The Hall–Kier alpha value is -2.86. The fourth-order valence-electron chi connectivity index (χ4n) is 11.4. The number of ether oxygens (including phenoxy) is 2. The largest absolute Gasteiger partial charge is 0.504 e. The fourth-order valence-corrected chi connectivity index (χ4v) is 11.4. The summed E-state index contributed by atoms with van der Waals surface area (Å²) < 4.78 is 12.1. The number of phenolic OH excluding ortho intramolecular Hbond substituents is 2. The number of likely N-dealkylation sites (tertiary alicyclic amines) is 1. The first kappa shape index (κ1) is 28.4. The summed E-state index contributed by atoms with van der Waals surface area (Å²) in [7, 11) is 0. The van der Waals surface area contributed by atoms with Crippen molar-refractivity contribution < 1.29 is 40.1 Å². The van der Waals surface area contributed by atoms with E-state index in [9.17, 15) is 30.6 Å². The second-order valence-corrected chi connectivity index (χ2v) is 14.7. The number of piperidine rings is 2. The SMILES string of the molecule is C=CCN1CC[C@]23c4c5ccc(O)c4O[C@H]2[C@@H](O)CC[C@@]3(O)[C@H]1C5.Oc1ccc2c3c1O[C@H]1[C@@H](O)CC[C@@]4(O)[C@@H](C2)NCC[C@]314. The Bertz CT molecular complexity index is 1620. The predicted octanol–water partition coefficient (Wildman–Crippen LogP) is 1.29. The average molecular weight is 619 g/mol. The smallest absolute Gasteiger partial charge is 0.165 e. The normalized spacial score (nSPS) is 44.0. The molecule has 8 aliphatic rings. The first-order valence-electron chi connectivity index (χ1n) is 16.5. The van der Waals surface area contributed by atoms with Gasteiger partial charge < -0.3 is 45.4 Å².